The fourth-order valence-electron chi connectivity index (χ4n) is 3.04. The van der Waals surface area contributed by atoms with E-state index in [1.165, 1.54) is 30.0 Å². The average Bonchev–Trinajstić information content (AvgIpc) is 3.02. The molecule has 0 aliphatic rings. The van der Waals surface area contributed by atoms with Gasteiger partial charge in [-0.25, -0.2) is 9.18 Å². The Bertz CT molecular complexity index is 1230. The summed E-state index contributed by atoms with van der Waals surface area (Å²) in [6.45, 7) is 4.03. The predicted molar refractivity (Wildman–Crippen MR) is 108 cm³/mol. The highest BCUT2D eigenvalue weighted by Gasteiger charge is 2.13. The van der Waals surface area contributed by atoms with E-state index in [0.717, 1.165) is 27.6 Å². The predicted octanol–water partition coefficient (Wildman–Crippen LogP) is 4.64. The zero-order valence-corrected chi connectivity index (χ0v) is 16.5. The van der Waals surface area contributed by atoms with E-state index in [1.807, 2.05) is 37.6 Å². The summed E-state index contributed by atoms with van der Waals surface area (Å²) in [4.78, 5) is 12.0. The molecule has 0 fully saturated rings. The second-order valence-electron chi connectivity index (χ2n) is 6.68. The van der Waals surface area contributed by atoms with Crippen molar-refractivity contribution in [3.8, 4) is 11.4 Å². The molecule has 4 rings (SSSR count). The molecular weight excluding hydrogens is 377 g/mol. The van der Waals surface area contributed by atoms with Crippen molar-refractivity contribution in [1.82, 2.24) is 14.8 Å². The molecule has 28 heavy (non-hydrogen) atoms. The molecule has 2 aromatic carbocycles. The molecule has 0 aliphatic heterocycles. The quantitative estimate of drug-likeness (QED) is 0.372. The first-order valence-electron chi connectivity index (χ1n) is 8.74. The van der Waals surface area contributed by atoms with Gasteiger partial charge in [0.15, 0.2) is 11.0 Å². The van der Waals surface area contributed by atoms with Crippen LogP contribution in [0, 0.1) is 19.7 Å². The van der Waals surface area contributed by atoms with Gasteiger partial charge in [0.1, 0.15) is 11.4 Å². The highest BCUT2D eigenvalue weighted by atomic mass is 32.2. The number of rotatable bonds is 4. The molecule has 0 atom stereocenters. The third kappa shape index (κ3) is 3.45. The molecular formula is C21H18FN3O2S. The van der Waals surface area contributed by atoms with Crippen molar-refractivity contribution in [3.63, 3.8) is 0 Å². The Kier molecular flexibility index (Phi) is 4.77. The van der Waals surface area contributed by atoms with Gasteiger partial charge >= 0.3 is 5.63 Å². The fraction of sp³-hybridized carbons (Fsp3) is 0.190. The monoisotopic (exact) mass is 395 g/mol. The summed E-state index contributed by atoms with van der Waals surface area (Å²) < 4.78 is 20.4. The zero-order chi connectivity index (χ0) is 19.8. The van der Waals surface area contributed by atoms with Gasteiger partial charge in [0, 0.05) is 29.8 Å². The Hall–Kier alpha value is -2.93. The summed E-state index contributed by atoms with van der Waals surface area (Å²) in [6, 6.07) is 11.6. The van der Waals surface area contributed by atoms with Crippen LogP contribution in [-0.2, 0) is 12.8 Å². The molecule has 0 saturated carbocycles. The van der Waals surface area contributed by atoms with Crippen LogP contribution in [0.5, 0.6) is 0 Å². The van der Waals surface area contributed by atoms with Gasteiger partial charge < -0.3 is 8.98 Å². The van der Waals surface area contributed by atoms with Crippen LogP contribution in [0.15, 0.2) is 56.8 Å². The molecule has 0 unspecified atom stereocenters. The Balaban J connectivity index is 1.64. The number of nitrogens with zero attached hydrogens (tertiary/aromatic N) is 3. The first-order chi connectivity index (χ1) is 13.4. The molecule has 0 N–H and O–H groups in total. The molecule has 142 valence electrons. The first kappa shape index (κ1) is 18.4. The fourth-order valence-corrected chi connectivity index (χ4v) is 3.94. The van der Waals surface area contributed by atoms with Crippen LogP contribution in [0.1, 0.15) is 16.7 Å². The molecule has 0 amide bonds. The summed E-state index contributed by atoms with van der Waals surface area (Å²) in [5.74, 6) is 0.923. The average molecular weight is 395 g/mol. The minimum atomic E-state index is -0.365. The van der Waals surface area contributed by atoms with Gasteiger partial charge in [-0.15, -0.1) is 10.2 Å². The number of benzene rings is 2. The maximum atomic E-state index is 13.2. The number of hydrogen-bond donors (Lipinski definition) is 0. The standard InChI is InChI=1S/C21H18FN3O2S/c1-12-8-17-15(10-19(26)27-18(17)9-13(12)2)11-28-21-24-23-20(25(21)3)14-4-6-16(22)7-5-14/h4-10H,11H2,1-3H3. The van der Waals surface area contributed by atoms with E-state index in [2.05, 4.69) is 10.2 Å². The van der Waals surface area contributed by atoms with Crippen LogP contribution in [0.4, 0.5) is 4.39 Å². The number of thioether (sulfide) groups is 1. The second kappa shape index (κ2) is 7.24. The molecule has 2 aromatic heterocycles. The maximum Gasteiger partial charge on any atom is 0.336 e. The lowest BCUT2D eigenvalue weighted by Gasteiger charge is -2.08. The van der Waals surface area contributed by atoms with Crippen molar-refractivity contribution >= 4 is 22.7 Å². The van der Waals surface area contributed by atoms with E-state index >= 15 is 0 Å². The lowest BCUT2D eigenvalue weighted by molar-refractivity contribution is 0.559. The molecule has 7 heteroatoms. The lowest BCUT2D eigenvalue weighted by Crippen LogP contribution is -2.01. The van der Waals surface area contributed by atoms with E-state index in [9.17, 15) is 9.18 Å². The van der Waals surface area contributed by atoms with E-state index in [4.69, 9.17) is 4.42 Å². The first-order valence-corrected chi connectivity index (χ1v) is 9.73. The van der Waals surface area contributed by atoms with Crippen molar-refractivity contribution in [1.29, 1.82) is 0 Å². The molecule has 5 nitrogen and oxygen atoms in total. The Morgan fingerprint density at radius 3 is 2.54 bits per heavy atom. The van der Waals surface area contributed by atoms with Gasteiger partial charge in [0.2, 0.25) is 0 Å². The molecule has 4 aromatic rings. The molecule has 0 saturated heterocycles. The Labute approximate surface area is 165 Å². The molecule has 2 heterocycles. The highest BCUT2D eigenvalue weighted by molar-refractivity contribution is 7.98. The molecule has 0 bridgehead atoms. The van der Waals surface area contributed by atoms with Crippen LogP contribution >= 0.6 is 11.8 Å². The minimum Gasteiger partial charge on any atom is -0.423 e. The normalized spacial score (nSPS) is 11.3. The summed E-state index contributed by atoms with van der Waals surface area (Å²) in [7, 11) is 1.87. The van der Waals surface area contributed by atoms with Crippen LogP contribution in [0.25, 0.3) is 22.4 Å². The van der Waals surface area contributed by atoms with Gasteiger partial charge in [-0.2, -0.15) is 0 Å². The summed E-state index contributed by atoms with van der Waals surface area (Å²) in [5.41, 5.74) is 4.14. The van der Waals surface area contributed by atoms with Crippen molar-refractivity contribution in [2.45, 2.75) is 24.8 Å². The number of halogens is 1. The minimum absolute atomic E-state index is 0.291. The van der Waals surface area contributed by atoms with Crippen molar-refractivity contribution < 1.29 is 8.81 Å². The van der Waals surface area contributed by atoms with E-state index < -0.39 is 0 Å². The SMILES string of the molecule is Cc1cc2oc(=O)cc(CSc3nnc(-c4ccc(F)cc4)n3C)c2cc1C. The zero-order valence-electron chi connectivity index (χ0n) is 15.7. The van der Waals surface area contributed by atoms with Gasteiger partial charge in [0.25, 0.3) is 0 Å². The van der Waals surface area contributed by atoms with Gasteiger partial charge in [-0.05, 0) is 66.9 Å². The van der Waals surface area contributed by atoms with E-state index in [1.54, 1.807) is 12.1 Å². The smallest absolute Gasteiger partial charge is 0.336 e. The topological polar surface area (TPSA) is 60.9 Å². The van der Waals surface area contributed by atoms with Gasteiger partial charge in [-0.1, -0.05) is 11.8 Å². The summed E-state index contributed by atoms with van der Waals surface area (Å²) in [5, 5.41) is 10.1. The van der Waals surface area contributed by atoms with Crippen LogP contribution in [0.3, 0.4) is 0 Å². The molecule has 0 aliphatic carbocycles. The number of aromatic nitrogens is 3. The van der Waals surface area contributed by atoms with Crippen molar-refractivity contribution in [2.75, 3.05) is 0 Å². The van der Waals surface area contributed by atoms with Crippen molar-refractivity contribution in [2.24, 2.45) is 7.05 Å². The summed E-state index contributed by atoms with van der Waals surface area (Å²) in [6.07, 6.45) is 0. The van der Waals surface area contributed by atoms with Crippen LogP contribution in [-0.4, -0.2) is 14.8 Å². The Morgan fingerprint density at radius 2 is 1.79 bits per heavy atom. The van der Waals surface area contributed by atoms with Crippen LogP contribution in [0.2, 0.25) is 0 Å². The van der Waals surface area contributed by atoms with E-state index in [0.29, 0.717) is 22.3 Å². The van der Waals surface area contributed by atoms with Crippen LogP contribution < -0.4 is 5.63 Å². The van der Waals surface area contributed by atoms with E-state index in [-0.39, 0.29) is 11.4 Å². The van der Waals surface area contributed by atoms with Crippen molar-refractivity contribution in [3.05, 3.63) is 75.4 Å². The van der Waals surface area contributed by atoms with Gasteiger partial charge in [0.05, 0.1) is 0 Å². The molecule has 0 spiro atoms. The summed E-state index contributed by atoms with van der Waals surface area (Å²) >= 11 is 1.49. The lowest BCUT2D eigenvalue weighted by atomic mass is 10.0. The molecule has 0 radical (unpaired) electrons. The second-order valence-corrected chi connectivity index (χ2v) is 7.63. The maximum absolute atomic E-state index is 13.2. The van der Waals surface area contributed by atoms with Gasteiger partial charge in [-0.3, -0.25) is 0 Å². The third-order valence-electron chi connectivity index (χ3n) is 4.74. The number of fused-ring (bicyclic) bond motifs is 1. The highest BCUT2D eigenvalue weighted by Crippen LogP contribution is 2.29. The number of aryl methyl sites for hydroxylation is 2. The largest absolute Gasteiger partial charge is 0.423 e. The third-order valence-corrected chi connectivity index (χ3v) is 5.81. The number of hydrogen-bond acceptors (Lipinski definition) is 5. The Morgan fingerprint density at radius 1 is 1.07 bits per heavy atom.